The van der Waals surface area contributed by atoms with Gasteiger partial charge >= 0.3 is 0 Å². The molecule has 2 aromatic rings. The van der Waals surface area contributed by atoms with Crippen molar-refractivity contribution >= 4 is 57.6 Å². The van der Waals surface area contributed by atoms with Crippen LogP contribution < -0.4 is 5.43 Å². The van der Waals surface area contributed by atoms with Crippen LogP contribution in [0.3, 0.4) is 0 Å². The van der Waals surface area contributed by atoms with Gasteiger partial charge in [0, 0.05) is 18.5 Å². The smallest absolute Gasteiger partial charge is 0.189 e. The molecule has 1 aliphatic rings. The van der Waals surface area contributed by atoms with Gasteiger partial charge in [-0.1, -0.05) is 29.3 Å². The molecular formula is C18H19Cl2N3O2S2. The van der Waals surface area contributed by atoms with Gasteiger partial charge in [-0.3, -0.25) is 5.43 Å². The Balaban J connectivity index is 1.74. The van der Waals surface area contributed by atoms with E-state index in [1.807, 2.05) is 16.3 Å². The number of hydrazone groups is 1. The van der Waals surface area contributed by atoms with Crippen molar-refractivity contribution in [3.05, 3.63) is 39.2 Å². The lowest BCUT2D eigenvalue weighted by Crippen LogP contribution is -2.45. The normalized spacial score (nSPS) is 17.9. The molecule has 1 aromatic carbocycles. The third kappa shape index (κ3) is 4.73. The van der Waals surface area contributed by atoms with Gasteiger partial charge in [0.25, 0.3) is 0 Å². The summed E-state index contributed by atoms with van der Waals surface area (Å²) in [7, 11) is 0. The van der Waals surface area contributed by atoms with Crippen molar-refractivity contribution < 1.29 is 10.2 Å². The monoisotopic (exact) mass is 443 g/mol. The fourth-order valence-electron chi connectivity index (χ4n) is 2.85. The molecule has 0 bridgehead atoms. The first-order valence-electron chi connectivity index (χ1n) is 8.40. The third-order valence-corrected chi connectivity index (χ3v) is 6.45. The van der Waals surface area contributed by atoms with Gasteiger partial charge in [0.2, 0.25) is 0 Å². The summed E-state index contributed by atoms with van der Waals surface area (Å²) >= 11 is 18.8. The standard InChI is InChI=1S/C18H19Cl2N3O2S2/c1-10(21-22-18(26)23-6-2-3-12(24)8-23)13-9-27-17(16(13)25)11-4-5-14(19)15(20)7-11/h4-5,7,9,12,24-25H,2-3,6,8H2,1H3,(H,22,26). The Morgan fingerprint density at radius 2 is 2.15 bits per heavy atom. The molecule has 9 heteroatoms. The van der Waals surface area contributed by atoms with Crippen molar-refractivity contribution in [2.45, 2.75) is 25.9 Å². The minimum Gasteiger partial charge on any atom is -0.506 e. The molecular weight excluding hydrogens is 425 g/mol. The lowest BCUT2D eigenvalue weighted by Gasteiger charge is -2.31. The number of hydrogen-bond acceptors (Lipinski definition) is 5. The lowest BCUT2D eigenvalue weighted by molar-refractivity contribution is 0.103. The number of aliphatic hydroxyl groups is 1. The van der Waals surface area contributed by atoms with Gasteiger partial charge in [-0.05, 0) is 49.7 Å². The van der Waals surface area contributed by atoms with Gasteiger partial charge in [-0.2, -0.15) is 5.10 Å². The second-order valence-electron chi connectivity index (χ2n) is 6.31. The average molecular weight is 444 g/mol. The van der Waals surface area contributed by atoms with Crippen LogP contribution in [0.4, 0.5) is 0 Å². The van der Waals surface area contributed by atoms with Crippen molar-refractivity contribution in [1.82, 2.24) is 10.3 Å². The SMILES string of the molecule is CC(=NNC(=S)N1CCCC(O)C1)c1csc(-c2ccc(Cl)c(Cl)c2)c1O. The molecule has 1 unspecified atom stereocenters. The number of aliphatic hydroxyl groups excluding tert-OH is 1. The van der Waals surface area contributed by atoms with E-state index in [2.05, 4.69) is 10.5 Å². The van der Waals surface area contributed by atoms with Crippen LogP contribution in [0.1, 0.15) is 25.3 Å². The van der Waals surface area contributed by atoms with E-state index in [0.717, 1.165) is 24.9 Å². The molecule has 1 fully saturated rings. The average Bonchev–Trinajstić information content (AvgIpc) is 3.03. The number of aromatic hydroxyl groups is 1. The van der Waals surface area contributed by atoms with Gasteiger partial charge in [0.15, 0.2) is 5.11 Å². The fourth-order valence-corrected chi connectivity index (χ4v) is 4.36. The maximum Gasteiger partial charge on any atom is 0.189 e. The maximum atomic E-state index is 10.6. The zero-order chi connectivity index (χ0) is 19.6. The fraction of sp³-hybridized carbons (Fsp3) is 0.333. The summed E-state index contributed by atoms with van der Waals surface area (Å²) in [5, 5.41) is 27.9. The maximum absolute atomic E-state index is 10.6. The van der Waals surface area contributed by atoms with Gasteiger partial charge < -0.3 is 15.1 Å². The van der Waals surface area contributed by atoms with Crippen LogP contribution in [0, 0.1) is 0 Å². The van der Waals surface area contributed by atoms with E-state index in [0.29, 0.717) is 37.9 Å². The quantitative estimate of drug-likeness (QED) is 0.370. The summed E-state index contributed by atoms with van der Waals surface area (Å²) in [5.74, 6) is 0.140. The van der Waals surface area contributed by atoms with Gasteiger partial charge in [0.05, 0.1) is 32.3 Å². The third-order valence-electron chi connectivity index (χ3n) is 4.34. The van der Waals surface area contributed by atoms with Crippen molar-refractivity contribution in [2.24, 2.45) is 5.10 Å². The summed E-state index contributed by atoms with van der Waals surface area (Å²) in [6, 6.07) is 5.23. The van der Waals surface area contributed by atoms with E-state index in [1.165, 1.54) is 11.3 Å². The summed E-state index contributed by atoms with van der Waals surface area (Å²) in [5.41, 5.74) is 4.87. The first-order valence-corrected chi connectivity index (χ1v) is 10.4. The number of hydrogen-bond donors (Lipinski definition) is 3. The molecule has 0 spiro atoms. The Labute approximate surface area is 177 Å². The highest BCUT2D eigenvalue weighted by molar-refractivity contribution is 7.80. The first kappa shape index (κ1) is 20.4. The molecule has 1 aromatic heterocycles. The zero-order valence-electron chi connectivity index (χ0n) is 14.6. The van der Waals surface area contributed by atoms with Crippen molar-refractivity contribution in [1.29, 1.82) is 0 Å². The number of likely N-dealkylation sites (tertiary alicyclic amines) is 1. The minimum absolute atomic E-state index is 0.140. The summed E-state index contributed by atoms with van der Waals surface area (Å²) in [4.78, 5) is 2.59. The number of β-amino-alcohol motifs (C(OH)–C–C–N with tert-alkyl or cyclic N) is 1. The molecule has 144 valence electrons. The summed E-state index contributed by atoms with van der Waals surface area (Å²) in [6.07, 6.45) is 1.32. The second kappa shape index (κ2) is 8.75. The van der Waals surface area contributed by atoms with Crippen LogP contribution in [-0.4, -0.2) is 45.1 Å². The number of rotatable bonds is 3. The molecule has 1 saturated heterocycles. The number of nitrogens with one attached hydrogen (secondary N) is 1. The number of thiophene rings is 1. The molecule has 0 saturated carbocycles. The van der Waals surface area contributed by atoms with Crippen LogP contribution in [0.2, 0.25) is 10.0 Å². The van der Waals surface area contributed by atoms with Gasteiger partial charge in [-0.25, -0.2) is 0 Å². The molecule has 0 aliphatic carbocycles. The molecule has 0 amide bonds. The molecule has 0 radical (unpaired) electrons. The predicted octanol–water partition coefficient (Wildman–Crippen LogP) is 4.48. The highest BCUT2D eigenvalue weighted by Gasteiger charge is 2.20. The Morgan fingerprint density at radius 3 is 2.85 bits per heavy atom. The highest BCUT2D eigenvalue weighted by Crippen LogP contribution is 2.40. The topological polar surface area (TPSA) is 68.1 Å². The van der Waals surface area contributed by atoms with E-state index < -0.39 is 0 Å². The Bertz CT molecular complexity index is 885. The van der Waals surface area contributed by atoms with Gasteiger partial charge in [0.1, 0.15) is 5.75 Å². The first-order chi connectivity index (χ1) is 12.9. The Morgan fingerprint density at radius 1 is 1.37 bits per heavy atom. The predicted molar refractivity (Wildman–Crippen MR) is 116 cm³/mol. The molecule has 3 N–H and O–H groups in total. The summed E-state index contributed by atoms with van der Waals surface area (Å²) in [6.45, 7) is 3.09. The molecule has 2 heterocycles. The summed E-state index contributed by atoms with van der Waals surface area (Å²) < 4.78 is 0. The van der Waals surface area contributed by atoms with Crippen LogP contribution in [0.5, 0.6) is 5.75 Å². The number of piperidine rings is 1. The van der Waals surface area contributed by atoms with Crippen LogP contribution in [0.25, 0.3) is 10.4 Å². The van der Waals surface area contributed by atoms with Gasteiger partial charge in [-0.15, -0.1) is 11.3 Å². The molecule has 3 rings (SSSR count). The number of nitrogens with zero attached hydrogens (tertiary/aromatic N) is 2. The largest absolute Gasteiger partial charge is 0.506 e. The second-order valence-corrected chi connectivity index (χ2v) is 8.39. The van der Waals surface area contributed by atoms with Crippen molar-refractivity contribution in [2.75, 3.05) is 13.1 Å². The van der Waals surface area contributed by atoms with E-state index in [-0.39, 0.29) is 11.9 Å². The van der Waals surface area contributed by atoms with Crippen LogP contribution in [-0.2, 0) is 0 Å². The van der Waals surface area contributed by atoms with Crippen molar-refractivity contribution in [3.63, 3.8) is 0 Å². The Hall–Kier alpha value is -1.38. The number of benzene rings is 1. The van der Waals surface area contributed by atoms with Crippen molar-refractivity contribution in [3.8, 4) is 16.2 Å². The van der Waals surface area contributed by atoms with E-state index in [1.54, 1.807) is 19.1 Å². The molecule has 27 heavy (non-hydrogen) atoms. The molecule has 1 atom stereocenters. The molecule has 5 nitrogen and oxygen atoms in total. The van der Waals surface area contributed by atoms with E-state index in [4.69, 9.17) is 35.4 Å². The van der Waals surface area contributed by atoms with E-state index >= 15 is 0 Å². The van der Waals surface area contributed by atoms with E-state index in [9.17, 15) is 10.2 Å². The lowest BCUT2D eigenvalue weighted by atomic mass is 10.1. The van der Waals surface area contributed by atoms with Crippen LogP contribution >= 0.6 is 46.8 Å². The zero-order valence-corrected chi connectivity index (χ0v) is 17.7. The molecule has 1 aliphatic heterocycles. The minimum atomic E-state index is -0.363. The Kier molecular flexibility index (Phi) is 6.60. The number of thiocarbonyl (C=S) groups is 1. The number of halogens is 2. The highest BCUT2D eigenvalue weighted by atomic mass is 35.5. The van der Waals surface area contributed by atoms with Crippen LogP contribution in [0.15, 0.2) is 28.7 Å².